The number of hydrogen-bond acceptors (Lipinski definition) is 6. The van der Waals surface area contributed by atoms with Gasteiger partial charge in [-0.15, -0.1) is 0 Å². The first-order valence-corrected chi connectivity index (χ1v) is 16.1. The van der Waals surface area contributed by atoms with Gasteiger partial charge in [0.05, 0.1) is 37.4 Å². The van der Waals surface area contributed by atoms with Crippen molar-refractivity contribution in [2.24, 2.45) is 4.99 Å². The van der Waals surface area contributed by atoms with Gasteiger partial charge in [-0.25, -0.2) is 9.79 Å². The van der Waals surface area contributed by atoms with Crippen LogP contribution in [0, 0.1) is 0 Å². The molecular formula is C30H22Br3ClN2O4S. The zero-order valence-electron chi connectivity index (χ0n) is 21.8. The van der Waals surface area contributed by atoms with Crippen molar-refractivity contribution in [1.82, 2.24) is 4.57 Å². The summed E-state index contributed by atoms with van der Waals surface area (Å²) >= 11 is 18.2. The van der Waals surface area contributed by atoms with E-state index in [2.05, 4.69) is 52.8 Å². The van der Waals surface area contributed by atoms with Crippen LogP contribution in [-0.4, -0.2) is 17.1 Å². The maximum absolute atomic E-state index is 13.9. The van der Waals surface area contributed by atoms with Gasteiger partial charge >= 0.3 is 5.97 Å². The number of aromatic nitrogens is 1. The first kappa shape index (κ1) is 30.0. The van der Waals surface area contributed by atoms with Crippen molar-refractivity contribution < 1.29 is 14.3 Å². The van der Waals surface area contributed by atoms with Crippen molar-refractivity contribution in [2.45, 2.75) is 26.5 Å². The minimum absolute atomic E-state index is 0.217. The fourth-order valence-corrected chi connectivity index (χ4v) is 7.42. The van der Waals surface area contributed by atoms with Crippen LogP contribution >= 0.6 is 70.7 Å². The summed E-state index contributed by atoms with van der Waals surface area (Å²) in [7, 11) is 0. The third-order valence-electron chi connectivity index (χ3n) is 6.35. The maximum atomic E-state index is 13.9. The Labute approximate surface area is 270 Å². The van der Waals surface area contributed by atoms with E-state index in [4.69, 9.17) is 21.1 Å². The van der Waals surface area contributed by atoms with Crippen LogP contribution < -0.4 is 19.6 Å². The highest BCUT2D eigenvalue weighted by atomic mass is 79.9. The van der Waals surface area contributed by atoms with E-state index in [9.17, 15) is 9.59 Å². The highest BCUT2D eigenvalue weighted by Gasteiger charge is 2.33. The van der Waals surface area contributed by atoms with Crippen LogP contribution in [-0.2, 0) is 16.1 Å². The summed E-state index contributed by atoms with van der Waals surface area (Å²) < 4.78 is 15.8. The molecule has 0 saturated carbocycles. The van der Waals surface area contributed by atoms with Crippen LogP contribution in [0.2, 0.25) is 5.02 Å². The molecule has 0 amide bonds. The number of halogens is 4. The Morgan fingerprint density at radius 3 is 2.44 bits per heavy atom. The van der Waals surface area contributed by atoms with E-state index in [1.165, 1.54) is 11.3 Å². The van der Waals surface area contributed by atoms with Crippen LogP contribution in [0.3, 0.4) is 0 Å². The number of fused-ring (bicyclic) bond motifs is 1. The number of ether oxygens (including phenoxy) is 2. The second-order valence-electron chi connectivity index (χ2n) is 9.05. The van der Waals surface area contributed by atoms with Gasteiger partial charge < -0.3 is 9.47 Å². The summed E-state index contributed by atoms with van der Waals surface area (Å²) in [6, 6.07) is 18.2. The molecule has 11 heteroatoms. The molecule has 0 aliphatic carbocycles. The van der Waals surface area contributed by atoms with Crippen molar-refractivity contribution in [3.05, 3.63) is 127 Å². The van der Waals surface area contributed by atoms with Gasteiger partial charge in [-0.1, -0.05) is 69.2 Å². The highest BCUT2D eigenvalue weighted by Crippen LogP contribution is 2.36. The quantitative estimate of drug-likeness (QED) is 0.185. The number of allylic oxidation sites excluding steroid dienone is 1. The lowest BCUT2D eigenvalue weighted by atomic mass is 9.96. The third-order valence-corrected chi connectivity index (χ3v) is 9.41. The Balaban J connectivity index is 1.56. The van der Waals surface area contributed by atoms with Crippen molar-refractivity contribution in [3.8, 4) is 5.75 Å². The van der Waals surface area contributed by atoms with Crippen molar-refractivity contribution >= 4 is 82.8 Å². The third kappa shape index (κ3) is 6.32. The normalized spacial score (nSPS) is 15.0. The molecule has 6 nitrogen and oxygen atoms in total. The SMILES string of the molecule is CCOC(=O)C1=C(C)N=c2s/c(=C\c3cc(Br)c(OCc4ccccc4Cl)c(Br)c3)c(=O)n2[C@H]1c1ccc(Br)cc1. The molecule has 0 fully saturated rings. The Hall–Kier alpha value is -2.50. The minimum atomic E-state index is -0.667. The maximum Gasteiger partial charge on any atom is 0.338 e. The van der Waals surface area contributed by atoms with E-state index in [1.807, 2.05) is 60.7 Å². The predicted molar refractivity (Wildman–Crippen MR) is 172 cm³/mol. The molecule has 2 heterocycles. The number of hydrogen-bond donors (Lipinski definition) is 0. The van der Waals surface area contributed by atoms with Crippen molar-refractivity contribution in [1.29, 1.82) is 0 Å². The zero-order valence-corrected chi connectivity index (χ0v) is 28.1. The Bertz CT molecular complexity index is 1840. The molecule has 0 saturated heterocycles. The lowest BCUT2D eigenvalue weighted by molar-refractivity contribution is -0.139. The second-order valence-corrected chi connectivity index (χ2v) is 13.1. The van der Waals surface area contributed by atoms with Crippen molar-refractivity contribution in [2.75, 3.05) is 6.61 Å². The smallest absolute Gasteiger partial charge is 0.338 e. The summed E-state index contributed by atoms with van der Waals surface area (Å²) in [5, 5.41) is 0.634. The molecule has 1 atom stereocenters. The number of esters is 1. The van der Waals surface area contributed by atoms with Gasteiger partial charge in [-0.2, -0.15) is 0 Å². The molecule has 41 heavy (non-hydrogen) atoms. The lowest BCUT2D eigenvalue weighted by Gasteiger charge is -2.24. The molecule has 1 aliphatic rings. The number of carbonyl (C=O) groups is 1. The summed E-state index contributed by atoms with van der Waals surface area (Å²) in [6.07, 6.45) is 1.80. The lowest BCUT2D eigenvalue weighted by Crippen LogP contribution is -2.39. The van der Waals surface area contributed by atoms with Crippen LogP contribution in [0.5, 0.6) is 5.75 Å². The number of rotatable bonds is 7. The van der Waals surface area contributed by atoms with Crippen LogP contribution in [0.1, 0.15) is 36.6 Å². The van der Waals surface area contributed by atoms with E-state index in [0.29, 0.717) is 46.9 Å². The minimum Gasteiger partial charge on any atom is -0.486 e. The van der Waals surface area contributed by atoms with Gasteiger partial charge in [-0.3, -0.25) is 9.36 Å². The summed E-state index contributed by atoms with van der Waals surface area (Å²) in [4.78, 5) is 32.1. The number of thiazole rings is 1. The summed E-state index contributed by atoms with van der Waals surface area (Å²) in [6.45, 7) is 4.04. The molecule has 210 valence electrons. The second kappa shape index (κ2) is 12.8. The van der Waals surface area contributed by atoms with Gasteiger partial charge in [0.25, 0.3) is 5.56 Å². The number of nitrogens with zero attached hydrogens (tertiary/aromatic N) is 2. The van der Waals surface area contributed by atoms with Gasteiger partial charge in [0.1, 0.15) is 12.4 Å². The molecule has 5 rings (SSSR count). The van der Waals surface area contributed by atoms with Gasteiger partial charge in [-0.05, 0) is 93.2 Å². The van der Waals surface area contributed by atoms with Gasteiger partial charge in [0.2, 0.25) is 0 Å². The first-order chi connectivity index (χ1) is 19.7. The molecule has 0 N–H and O–H groups in total. The molecule has 0 radical (unpaired) electrons. The largest absolute Gasteiger partial charge is 0.486 e. The van der Waals surface area contributed by atoms with Crippen LogP contribution in [0.15, 0.2) is 95.1 Å². The average Bonchev–Trinajstić information content (AvgIpc) is 3.23. The topological polar surface area (TPSA) is 69.9 Å². The molecule has 0 spiro atoms. The zero-order chi connectivity index (χ0) is 29.3. The van der Waals surface area contributed by atoms with E-state index < -0.39 is 12.0 Å². The van der Waals surface area contributed by atoms with E-state index >= 15 is 0 Å². The number of benzene rings is 3. The van der Waals surface area contributed by atoms with E-state index in [0.717, 1.165) is 21.2 Å². The predicted octanol–water partition coefficient (Wildman–Crippen LogP) is 7.32. The summed E-state index contributed by atoms with van der Waals surface area (Å²) in [5.41, 5.74) is 3.05. The molecule has 0 bridgehead atoms. The fourth-order valence-electron chi connectivity index (χ4n) is 4.47. The van der Waals surface area contributed by atoms with Crippen LogP contribution in [0.4, 0.5) is 0 Å². The average molecular weight is 782 g/mol. The monoisotopic (exact) mass is 778 g/mol. The number of carbonyl (C=O) groups excluding carboxylic acids is 1. The highest BCUT2D eigenvalue weighted by molar-refractivity contribution is 9.11. The van der Waals surface area contributed by atoms with Gasteiger partial charge in [0, 0.05) is 15.1 Å². The standard InChI is InChI=1S/C30H22Br3ClN2O4S/c1-3-39-29(38)25-16(2)35-30-36(26(25)18-8-10-20(31)11-9-18)28(37)24(41-30)14-17-12-21(32)27(22(33)13-17)40-15-19-6-4-5-7-23(19)34/h4-14,26H,3,15H2,1-2H3/b24-14-/t26-/m0/s1. The molecule has 0 unspecified atom stereocenters. The summed E-state index contributed by atoms with van der Waals surface area (Å²) in [5.74, 6) is 0.129. The molecule has 1 aromatic heterocycles. The fraction of sp³-hybridized carbons (Fsp3) is 0.167. The van der Waals surface area contributed by atoms with E-state index in [1.54, 1.807) is 24.5 Å². The molecule has 3 aromatic carbocycles. The Morgan fingerprint density at radius 1 is 1.10 bits per heavy atom. The van der Waals surface area contributed by atoms with E-state index in [-0.39, 0.29) is 12.2 Å². The Kier molecular flexibility index (Phi) is 9.35. The molecule has 1 aliphatic heterocycles. The molecular weight excluding hydrogens is 760 g/mol. The van der Waals surface area contributed by atoms with Crippen LogP contribution in [0.25, 0.3) is 6.08 Å². The Morgan fingerprint density at radius 2 is 1.78 bits per heavy atom. The molecule has 4 aromatic rings. The van der Waals surface area contributed by atoms with Crippen molar-refractivity contribution in [3.63, 3.8) is 0 Å². The van der Waals surface area contributed by atoms with Gasteiger partial charge in [0.15, 0.2) is 4.80 Å². The first-order valence-electron chi connectivity index (χ1n) is 12.5.